The largest absolute Gasteiger partial charge is 0.493 e. The first-order chi connectivity index (χ1) is 16.1. The van der Waals surface area contributed by atoms with E-state index in [1.807, 2.05) is 31.2 Å². The van der Waals surface area contributed by atoms with Crippen LogP contribution in [0.5, 0.6) is 11.5 Å². The third kappa shape index (κ3) is 10.6. The third-order valence-electron chi connectivity index (χ3n) is 4.88. The molecule has 0 atom stereocenters. The highest BCUT2D eigenvalue weighted by Crippen LogP contribution is 2.28. The van der Waals surface area contributed by atoms with Crippen molar-refractivity contribution < 1.29 is 23.8 Å². The van der Waals surface area contributed by atoms with Gasteiger partial charge in [-0.3, -0.25) is 0 Å². The molecule has 0 bridgehead atoms. The molecule has 0 unspecified atom stereocenters. The van der Waals surface area contributed by atoms with Gasteiger partial charge in [-0.2, -0.15) is 0 Å². The van der Waals surface area contributed by atoms with Crippen molar-refractivity contribution in [2.24, 2.45) is 5.16 Å². The van der Waals surface area contributed by atoms with Crippen LogP contribution in [0.15, 0.2) is 53.7 Å². The van der Waals surface area contributed by atoms with E-state index in [9.17, 15) is 0 Å². The summed E-state index contributed by atoms with van der Waals surface area (Å²) in [6, 6.07) is 12.3. The fourth-order valence-corrected chi connectivity index (χ4v) is 3.20. The van der Waals surface area contributed by atoms with Gasteiger partial charge in [0.15, 0.2) is 0 Å². The molecule has 33 heavy (non-hydrogen) atoms. The monoisotopic (exact) mass is 455 g/mol. The van der Waals surface area contributed by atoms with E-state index < -0.39 is 0 Å². The zero-order chi connectivity index (χ0) is 23.7. The predicted octanol–water partition coefficient (Wildman–Crippen LogP) is 5.78. The number of hydrogen-bond acceptors (Lipinski definition) is 6. The lowest BCUT2D eigenvalue weighted by Gasteiger charge is -2.14. The van der Waals surface area contributed by atoms with Gasteiger partial charge in [-0.25, -0.2) is 0 Å². The standard InChI is InChI=1S/C27H37NO5/c1-5-6-15-32-26-18-22(2)27(23(3)19-26)33-16-8-7-14-30-20-24-9-11-25(12-10-24)21-31-17-13-28-29-4/h5-6,9-13,18-19H,7-8,14-17,20-21H2,1-4H3/b6-5+,28-13+. The summed E-state index contributed by atoms with van der Waals surface area (Å²) in [7, 11) is 1.51. The van der Waals surface area contributed by atoms with Crippen LogP contribution in [0.1, 0.15) is 42.0 Å². The Balaban J connectivity index is 1.60. The molecule has 0 aromatic heterocycles. The lowest BCUT2D eigenvalue weighted by Crippen LogP contribution is -2.04. The lowest BCUT2D eigenvalue weighted by molar-refractivity contribution is 0.113. The van der Waals surface area contributed by atoms with Crippen LogP contribution in [0.25, 0.3) is 0 Å². The Bertz CT molecular complexity index is 838. The maximum absolute atomic E-state index is 6.03. The molecule has 0 saturated heterocycles. The number of aryl methyl sites for hydroxylation is 2. The molecule has 0 aliphatic rings. The molecule has 0 amide bonds. The molecule has 0 fully saturated rings. The molecule has 6 heteroatoms. The second-order valence-electron chi connectivity index (χ2n) is 7.68. The average molecular weight is 456 g/mol. The van der Waals surface area contributed by atoms with Gasteiger partial charge in [0.25, 0.3) is 0 Å². The topological polar surface area (TPSA) is 58.5 Å². The van der Waals surface area contributed by atoms with Gasteiger partial charge in [-0.15, -0.1) is 0 Å². The van der Waals surface area contributed by atoms with Gasteiger partial charge in [-0.1, -0.05) is 41.6 Å². The van der Waals surface area contributed by atoms with Crippen molar-refractivity contribution in [2.75, 3.05) is 33.5 Å². The van der Waals surface area contributed by atoms with E-state index in [1.165, 1.54) is 7.11 Å². The normalized spacial score (nSPS) is 11.4. The van der Waals surface area contributed by atoms with Crippen molar-refractivity contribution in [3.05, 3.63) is 70.8 Å². The summed E-state index contributed by atoms with van der Waals surface area (Å²) in [4.78, 5) is 4.59. The van der Waals surface area contributed by atoms with Crippen molar-refractivity contribution >= 4 is 6.21 Å². The Morgan fingerprint density at radius 3 is 2.09 bits per heavy atom. The maximum Gasteiger partial charge on any atom is 0.125 e. The molecule has 0 aliphatic heterocycles. The number of oxime groups is 1. The number of rotatable bonds is 16. The van der Waals surface area contributed by atoms with Gasteiger partial charge in [0.2, 0.25) is 0 Å². The van der Waals surface area contributed by atoms with Gasteiger partial charge in [0, 0.05) is 6.61 Å². The van der Waals surface area contributed by atoms with Crippen molar-refractivity contribution in [2.45, 2.75) is 46.8 Å². The molecule has 0 radical (unpaired) electrons. The molecule has 0 N–H and O–H groups in total. The quantitative estimate of drug-likeness (QED) is 0.139. The summed E-state index contributed by atoms with van der Waals surface area (Å²) in [5.74, 6) is 1.82. The summed E-state index contributed by atoms with van der Waals surface area (Å²) in [5.41, 5.74) is 4.46. The molecule has 2 aromatic carbocycles. The van der Waals surface area contributed by atoms with E-state index in [0.29, 0.717) is 39.6 Å². The minimum absolute atomic E-state index is 0.429. The van der Waals surface area contributed by atoms with E-state index in [4.69, 9.17) is 18.9 Å². The zero-order valence-electron chi connectivity index (χ0n) is 20.3. The van der Waals surface area contributed by atoms with Gasteiger partial charge < -0.3 is 23.8 Å². The number of benzene rings is 2. The SMILES string of the molecule is C/C=C/COc1cc(C)c(OCCCCOCc2ccc(COC/C=N/OC)cc2)c(C)c1. The Morgan fingerprint density at radius 2 is 1.45 bits per heavy atom. The number of hydrogen-bond donors (Lipinski definition) is 0. The Kier molecular flexibility index (Phi) is 12.7. The highest BCUT2D eigenvalue weighted by atomic mass is 16.6. The summed E-state index contributed by atoms with van der Waals surface area (Å²) in [6.45, 7) is 9.65. The molecule has 0 heterocycles. The highest BCUT2D eigenvalue weighted by molar-refractivity contribution is 5.57. The number of allylic oxidation sites excluding steroid dienone is 1. The van der Waals surface area contributed by atoms with Crippen molar-refractivity contribution in [3.8, 4) is 11.5 Å². The van der Waals surface area contributed by atoms with Crippen LogP contribution in [-0.4, -0.2) is 39.8 Å². The van der Waals surface area contributed by atoms with Gasteiger partial charge >= 0.3 is 0 Å². The van der Waals surface area contributed by atoms with Crippen molar-refractivity contribution in [3.63, 3.8) is 0 Å². The zero-order valence-corrected chi connectivity index (χ0v) is 20.3. The van der Waals surface area contributed by atoms with Crippen molar-refractivity contribution in [1.29, 1.82) is 0 Å². The van der Waals surface area contributed by atoms with Crippen LogP contribution in [0, 0.1) is 13.8 Å². The molecule has 6 nitrogen and oxygen atoms in total. The highest BCUT2D eigenvalue weighted by Gasteiger charge is 2.07. The summed E-state index contributed by atoms with van der Waals surface area (Å²) < 4.78 is 23.1. The number of nitrogens with zero attached hydrogens (tertiary/aromatic N) is 1. The first-order valence-corrected chi connectivity index (χ1v) is 11.4. The minimum Gasteiger partial charge on any atom is -0.493 e. The maximum atomic E-state index is 6.03. The Hall–Kier alpha value is -2.83. The Labute approximate surface area is 198 Å². The average Bonchev–Trinajstić information content (AvgIpc) is 2.81. The first-order valence-electron chi connectivity index (χ1n) is 11.4. The second kappa shape index (κ2) is 15.9. The molecule has 0 spiro atoms. The molecular formula is C27H37NO5. The predicted molar refractivity (Wildman–Crippen MR) is 132 cm³/mol. The van der Waals surface area contributed by atoms with Crippen LogP contribution in [0.4, 0.5) is 0 Å². The molecular weight excluding hydrogens is 418 g/mol. The third-order valence-corrected chi connectivity index (χ3v) is 4.88. The fourth-order valence-electron chi connectivity index (χ4n) is 3.20. The van der Waals surface area contributed by atoms with Gasteiger partial charge in [-0.05, 0) is 68.0 Å². The fraction of sp³-hybridized carbons (Fsp3) is 0.444. The van der Waals surface area contributed by atoms with Crippen LogP contribution in [-0.2, 0) is 27.5 Å². The minimum atomic E-state index is 0.429. The van der Waals surface area contributed by atoms with E-state index in [2.05, 4.69) is 48.1 Å². The second-order valence-corrected chi connectivity index (χ2v) is 7.68. The first kappa shape index (κ1) is 26.4. The lowest BCUT2D eigenvalue weighted by atomic mass is 10.1. The van der Waals surface area contributed by atoms with E-state index in [-0.39, 0.29) is 0 Å². The van der Waals surface area contributed by atoms with E-state index >= 15 is 0 Å². The van der Waals surface area contributed by atoms with E-state index in [0.717, 1.165) is 46.6 Å². The van der Waals surface area contributed by atoms with Crippen LogP contribution in [0.2, 0.25) is 0 Å². The smallest absolute Gasteiger partial charge is 0.125 e. The van der Waals surface area contributed by atoms with Crippen molar-refractivity contribution in [1.82, 2.24) is 0 Å². The number of ether oxygens (including phenoxy) is 4. The molecule has 0 aliphatic carbocycles. The molecule has 2 aromatic rings. The molecule has 2 rings (SSSR count). The van der Waals surface area contributed by atoms with Crippen LogP contribution < -0.4 is 9.47 Å². The Morgan fingerprint density at radius 1 is 0.818 bits per heavy atom. The number of unbranched alkanes of at least 4 members (excludes halogenated alkanes) is 1. The molecule has 180 valence electrons. The van der Waals surface area contributed by atoms with E-state index in [1.54, 1.807) is 6.21 Å². The van der Waals surface area contributed by atoms with Crippen LogP contribution in [0.3, 0.4) is 0 Å². The van der Waals surface area contributed by atoms with Gasteiger partial charge in [0.1, 0.15) is 25.2 Å². The van der Waals surface area contributed by atoms with Gasteiger partial charge in [0.05, 0.1) is 32.6 Å². The summed E-state index contributed by atoms with van der Waals surface area (Å²) >= 11 is 0. The molecule has 0 saturated carbocycles. The summed E-state index contributed by atoms with van der Waals surface area (Å²) in [6.07, 6.45) is 7.47. The van der Waals surface area contributed by atoms with Crippen LogP contribution >= 0.6 is 0 Å². The summed E-state index contributed by atoms with van der Waals surface area (Å²) in [5, 5.41) is 3.63.